The van der Waals surface area contributed by atoms with Crippen LogP contribution in [0.4, 0.5) is 5.69 Å². The lowest BCUT2D eigenvalue weighted by Gasteiger charge is -2.13. The van der Waals surface area contributed by atoms with Crippen molar-refractivity contribution in [2.75, 3.05) is 18.5 Å². The van der Waals surface area contributed by atoms with Crippen molar-refractivity contribution in [3.05, 3.63) is 27.1 Å². The molecule has 2 heterocycles. The minimum absolute atomic E-state index is 0.187. The molecule has 0 radical (unpaired) electrons. The summed E-state index contributed by atoms with van der Waals surface area (Å²) in [5.74, 6) is 0. The highest BCUT2D eigenvalue weighted by Crippen LogP contribution is 2.27. The molecule has 2 aromatic rings. The number of nitrogens with one attached hydrogen (secondary N) is 3. The van der Waals surface area contributed by atoms with Gasteiger partial charge in [-0.25, -0.2) is 4.79 Å². The van der Waals surface area contributed by atoms with Gasteiger partial charge in [0.05, 0.1) is 29.4 Å². The second-order valence-electron chi connectivity index (χ2n) is 4.16. The molecule has 1 aromatic carbocycles. The average molecular weight is 298 g/mol. The largest absolute Gasteiger partial charge is 0.379 e. The zero-order valence-corrected chi connectivity index (χ0v) is 10.6. The van der Waals surface area contributed by atoms with E-state index in [-0.39, 0.29) is 5.69 Å². The van der Waals surface area contributed by atoms with Gasteiger partial charge in [-0.2, -0.15) is 0 Å². The highest BCUT2D eigenvalue weighted by Gasteiger charge is 2.16. The fourth-order valence-corrected chi connectivity index (χ4v) is 2.49. The number of hydrogen-bond acceptors (Lipinski definition) is 3. The Hall–Kier alpha value is -1.27. The fraction of sp³-hybridized carbons (Fsp3) is 0.364. The van der Waals surface area contributed by atoms with Crippen LogP contribution in [0.1, 0.15) is 6.42 Å². The predicted molar refractivity (Wildman–Crippen MR) is 69.5 cm³/mol. The van der Waals surface area contributed by atoms with E-state index in [9.17, 15) is 4.79 Å². The molecule has 6 heteroatoms. The lowest BCUT2D eigenvalue weighted by atomic mass is 10.2. The van der Waals surface area contributed by atoms with Gasteiger partial charge in [0.2, 0.25) is 0 Å². The van der Waals surface area contributed by atoms with Crippen LogP contribution in [0, 0.1) is 0 Å². The van der Waals surface area contributed by atoms with E-state index < -0.39 is 0 Å². The monoisotopic (exact) mass is 297 g/mol. The molecule has 1 unspecified atom stereocenters. The van der Waals surface area contributed by atoms with Gasteiger partial charge in [-0.3, -0.25) is 0 Å². The topological polar surface area (TPSA) is 69.9 Å². The number of rotatable bonds is 2. The quantitative estimate of drug-likeness (QED) is 0.792. The third-order valence-corrected chi connectivity index (χ3v) is 3.55. The standard InChI is InChI=1S/C11H12BrN3O2/c12-7-3-9-10(15-11(16)14-9)4-8(7)13-6-1-2-17-5-6/h3-4,6,13H,1-2,5H2,(H2,14,15,16). The van der Waals surface area contributed by atoms with E-state index in [0.29, 0.717) is 6.04 Å². The first-order valence-corrected chi connectivity index (χ1v) is 6.27. The van der Waals surface area contributed by atoms with E-state index in [0.717, 1.165) is 40.8 Å². The summed E-state index contributed by atoms with van der Waals surface area (Å²) in [5, 5.41) is 3.40. The summed E-state index contributed by atoms with van der Waals surface area (Å²) in [5.41, 5.74) is 2.39. The van der Waals surface area contributed by atoms with Crippen LogP contribution < -0.4 is 11.0 Å². The zero-order valence-electron chi connectivity index (χ0n) is 9.05. The van der Waals surface area contributed by atoms with Crippen molar-refractivity contribution in [2.45, 2.75) is 12.5 Å². The smallest absolute Gasteiger partial charge is 0.323 e. The second kappa shape index (κ2) is 4.19. The van der Waals surface area contributed by atoms with E-state index in [1.165, 1.54) is 0 Å². The fourth-order valence-electron chi connectivity index (χ4n) is 2.03. The molecule has 3 N–H and O–H groups in total. The molecule has 1 aliphatic rings. The molecule has 0 amide bonds. The number of aromatic nitrogens is 2. The van der Waals surface area contributed by atoms with Crippen LogP contribution in [0.25, 0.3) is 11.0 Å². The molecule has 0 spiro atoms. The summed E-state index contributed by atoms with van der Waals surface area (Å²) < 4.78 is 6.26. The molecule has 17 heavy (non-hydrogen) atoms. The summed E-state index contributed by atoms with van der Waals surface area (Å²) >= 11 is 3.49. The Kier molecular flexibility index (Phi) is 2.68. The highest BCUT2D eigenvalue weighted by atomic mass is 79.9. The highest BCUT2D eigenvalue weighted by molar-refractivity contribution is 9.10. The Morgan fingerprint density at radius 3 is 2.82 bits per heavy atom. The number of halogens is 1. The van der Waals surface area contributed by atoms with Gasteiger partial charge < -0.3 is 20.0 Å². The Bertz CT molecular complexity index is 598. The minimum Gasteiger partial charge on any atom is -0.379 e. The predicted octanol–water partition coefficient (Wildman–Crippen LogP) is 1.82. The number of benzene rings is 1. The van der Waals surface area contributed by atoms with Crippen molar-refractivity contribution >= 4 is 32.7 Å². The van der Waals surface area contributed by atoms with Crippen LogP contribution in [-0.4, -0.2) is 29.2 Å². The molecule has 0 saturated carbocycles. The van der Waals surface area contributed by atoms with E-state index in [2.05, 4.69) is 31.2 Å². The summed E-state index contributed by atoms with van der Waals surface area (Å²) in [4.78, 5) is 16.7. The van der Waals surface area contributed by atoms with Crippen LogP contribution in [0.15, 0.2) is 21.4 Å². The van der Waals surface area contributed by atoms with Crippen LogP contribution in [0.5, 0.6) is 0 Å². The first-order chi connectivity index (χ1) is 8.22. The molecule has 5 nitrogen and oxygen atoms in total. The van der Waals surface area contributed by atoms with Crippen LogP contribution in [-0.2, 0) is 4.74 Å². The second-order valence-corrected chi connectivity index (χ2v) is 5.02. The molecule has 1 saturated heterocycles. The molecule has 1 atom stereocenters. The van der Waals surface area contributed by atoms with Crippen molar-refractivity contribution in [1.82, 2.24) is 9.97 Å². The van der Waals surface area contributed by atoms with E-state index in [4.69, 9.17) is 4.74 Å². The van der Waals surface area contributed by atoms with Crippen molar-refractivity contribution in [1.29, 1.82) is 0 Å². The lowest BCUT2D eigenvalue weighted by Crippen LogP contribution is -2.19. The summed E-state index contributed by atoms with van der Waals surface area (Å²) in [6.45, 7) is 1.53. The average Bonchev–Trinajstić information content (AvgIpc) is 2.87. The molecular weight excluding hydrogens is 286 g/mol. The SMILES string of the molecule is O=c1[nH]c2cc(Br)c(NC3CCOC3)cc2[nH]1. The number of aromatic amines is 2. The molecule has 0 bridgehead atoms. The maximum Gasteiger partial charge on any atom is 0.323 e. The van der Waals surface area contributed by atoms with Gasteiger partial charge in [-0.1, -0.05) is 0 Å². The normalized spacial score (nSPS) is 19.9. The number of hydrogen-bond donors (Lipinski definition) is 3. The molecule has 3 rings (SSSR count). The summed E-state index contributed by atoms with van der Waals surface area (Å²) in [6, 6.07) is 4.16. The third kappa shape index (κ3) is 2.10. The third-order valence-electron chi connectivity index (χ3n) is 2.89. The maximum atomic E-state index is 11.2. The Morgan fingerprint density at radius 2 is 2.12 bits per heavy atom. The first-order valence-electron chi connectivity index (χ1n) is 5.48. The number of ether oxygens (including phenoxy) is 1. The number of imidazole rings is 1. The van der Waals surface area contributed by atoms with Gasteiger partial charge in [0.25, 0.3) is 0 Å². The maximum absolute atomic E-state index is 11.2. The van der Waals surface area contributed by atoms with E-state index in [1.807, 2.05) is 12.1 Å². The van der Waals surface area contributed by atoms with E-state index >= 15 is 0 Å². The van der Waals surface area contributed by atoms with Gasteiger partial charge in [-0.15, -0.1) is 0 Å². The number of anilines is 1. The molecule has 90 valence electrons. The molecule has 0 aliphatic carbocycles. The Balaban J connectivity index is 1.97. The number of H-pyrrole nitrogens is 2. The van der Waals surface area contributed by atoms with Crippen molar-refractivity contribution in [3.63, 3.8) is 0 Å². The Labute approximate surface area is 106 Å². The van der Waals surface area contributed by atoms with Gasteiger partial charge in [-0.05, 0) is 34.5 Å². The Morgan fingerprint density at radius 1 is 1.35 bits per heavy atom. The first kappa shape index (κ1) is 10.9. The minimum atomic E-state index is -0.187. The zero-order chi connectivity index (χ0) is 11.8. The van der Waals surface area contributed by atoms with Crippen molar-refractivity contribution in [2.24, 2.45) is 0 Å². The van der Waals surface area contributed by atoms with Crippen molar-refractivity contribution in [3.8, 4) is 0 Å². The molecular formula is C11H12BrN3O2. The summed E-state index contributed by atoms with van der Waals surface area (Å²) in [6.07, 6.45) is 1.01. The van der Waals surface area contributed by atoms with E-state index in [1.54, 1.807) is 0 Å². The van der Waals surface area contributed by atoms with Crippen LogP contribution >= 0.6 is 15.9 Å². The van der Waals surface area contributed by atoms with Crippen LogP contribution in [0.3, 0.4) is 0 Å². The van der Waals surface area contributed by atoms with Gasteiger partial charge in [0.15, 0.2) is 0 Å². The molecule has 1 aromatic heterocycles. The lowest BCUT2D eigenvalue weighted by molar-refractivity contribution is 0.195. The van der Waals surface area contributed by atoms with Gasteiger partial charge in [0.1, 0.15) is 0 Å². The molecule has 1 fully saturated rings. The van der Waals surface area contributed by atoms with Gasteiger partial charge in [0, 0.05) is 11.1 Å². The molecule has 1 aliphatic heterocycles. The summed E-state index contributed by atoms with van der Waals surface area (Å²) in [7, 11) is 0. The van der Waals surface area contributed by atoms with Crippen molar-refractivity contribution < 1.29 is 4.74 Å². The van der Waals surface area contributed by atoms with Crippen LogP contribution in [0.2, 0.25) is 0 Å². The van der Waals surface area contributed by atoms with Gasteiger partial charge >= 0.3 is 5.69 Å². The number of fused-ring (bicyclic) bond motifs is 1.